The summed E-state index contributed by atoms with van der Waals surface area (Å²) >= 11 is 0.749. The zero-order valence-corrected chi connectivity index (χ0v) is 9.00. The van der Waals surface area contributed by atoms with Crippen LogP contribution in [0.1, 0.15) is 5.56 Å². The number of hydrogen-bond acceptors (Lipinski definition) is 0. The monoisotopic (exact) mass is 234 g/mol. The van der Waals surface area contributed by atoms with Gasteiger partial charge in [0.1, 0.15) is 0 Å². The van der Waals surface area contributed by atoms with Crippen LogP contribution in [0.4, 0.5) is 0 Å². The quantitative estimate of drug-likeness (QED) is 0.611. The van der Waals surface area contributed by atoms with E-state index in [9.17, 15) is 0 Å². The molecule has 0 saturated heterocycles. The van der Waals surface area contributed by atoms with E-state index in [4.69, 9.17) is 0 Å². The predicted octanol–water partition coefficient (Wildman–Crippen LogP) is 2.14. The zero-order chi connectivity index (χ0) is 8.67. The molecule has 1 heterocycles. The van der Waals surface area contributed by atoms with Gasteiger partial charge in [0.15, 0.2) is 0 Å². The maximum atomic E-state index is 2.32. The van der Waals surface area contributed by atoms with Gasteiger partial charge in [0, 0.05) is 0 Å². The normalized spacial score (nSPS) is 14.8. The molecule has 0 amide bonds. The van der Waals surface area contributed by atoms with Gasteiger partial charge in [-0.15, -0.1) is 0 Å². The molecule has 0 aliphatic carbocycles. The Bertz CT molecular complexity index is 460. The SMILES string of the molecule is c1ccc2c3c(ccc2c1)[Se]CC3. The Kier molecular flexibility index (Phi) is 1.68. The molecule has 3 rings (SSSR count). The van der Waals surface area contributed by atoms with Crippen molar-refractivity contribution in [2.24, 2.45) is 0 Å². The van der Waals surface area contributed by atoms with Gasteiger partial charge < -0.3 is 0 Å². The maximum absolute atomic E-state index is 2.32. The van der Waals surface area contributed by atoms with Gasteiger partial charge >= 0.3 is 83.9 Å². The van der Waals surface area contributed by atoms with E-state index >= 15 is 0 Å². The van der Waals surface area contributed by atoms with Gasteiger partial charge in [-0.3, -0.25) is 0 Å². The van der Waals surface area contributed by atoms with Crippen LogP contribution in [0.5, 0.6) is 0 Å². The van der Waals surface area contributed by atoms with Crippen LogP contribution >= 0.6 is 0 Å². The van der Waals surface area contributed by atoms with Crippen molar-refractivity contribution in [1.82, 2.24) is 0 Å². The Balaban J connectivity index is 2.43. The Labute approximate surface area is 84.1 Å². The topological polar surface area (TPSA) is 0 Å². The Hall–Kier alpha value is -0.781. The molecule has 1 aliphatic heterocycles. The van der Waals surface area contributed by atoms with Gasteiger partial charge in [0.2, 0.25) is 0 Å². The van der Waals surface area contributed by atoms with Gasteiger partial charge in [-0.1, -0.05) is 0 Å². The van der Waals surface area contributed by atoms with Crippen LogP contribution in [-0.2, 0) is 6.42 Å². The zero-order valence-electron chi connectivity index (χ0n) is 7.29. The summed E-state index contributed by atoms with van der Waals surface area (Å²) in [6.45, 7) is 0. The Morgan fingerprint density at radius 1 is 1.00 bits per heavy atom. The van der Waals surface area contributed by atoms with Crippen LogP contribution in [0.2, 0.25) is 5.32 Å². The van der Waals surface area contributed by atoms with E-state index in [0.717, 1.165) is 15.0 Å². The van der Waals surface area contributed by atoms with E-state index in [2.05, 4.69) is 36.4 Å². The standard InChI is InChI=1S/C12H10Se/c1-2-4-10-9(3-1)5-6-12-11(10)7-8-13-12/h1-6H,7-8H2. The third-order valence-electron chi connectivity index (χ3n) is 2.61. The van der Waals surface area contributed by atoms with Crippen molar-refractivity contribution >= 4 is 30.2 Å². The first-order valence-corrected chi connectivity index (χ1v) is 6.65. The van der Waals surface area contributed by atoms with Gasteiger partial charge in [-0.2, -0.15) is 0 Å². The molecule has 1 heteroatoms. The van der Waals surface area contributed by atoms with Crippen LogP contribution < -0.4 is 4.46 Å². The number of hydrogen-bond donors (Lipinski definition) is 0. The van der Waals surface area contributed by atoms with Crippen molar-refractivity contribution in [1.29, 1.82) is 0 Å². The van der Waals surface area contributed by atoms with E-state index in [1.807, 2.05) is 0 Å². The predicted molar refractivity (Wildman–Crippen MR) is 57.8 cm³/mol. The van der Waals surface area contributed by atoms with E-state index in [0.29, 0.717) is 0 Å². The van der Waals surface area contributed by atoms with Crippen LogP contribution in [0, 0.1) is 0 Å². The van der Waals surface area contributed by atoms with Gasteiger partial charge in [0.05, 0.1) is 0 Å². The van der Waals surface area contributed by atoms with Gasteiger partial charge in [-0.25, -0.2) is 0 Å². The second-order valence-corrected chi connectivity index (χ2v) is 5.75. The molecule has 0 nitrogen and oxygen atoms in total. The first kappa shape index (κ1) is 7.61. The first-order chi connectivity index (χ1) is 6.45. The molecule has 0 N–H and O–H groups in total. The summed E-state index contributed by atoms with van der Waals surface area (Å²) in [4.78, 5) is 0. The van der Waals surface area contributed by atoms with E-state index in [1.54, 1.807) is 10.0 Å². The van der Waals surface area contributed by atoms with Gasteiger partial charge in [-0.05, 0) is 0 Å². The summed E-state index contributed by atoms with van der Waals surface area (Å²) in [7, 11) is 0. The van der Waals surface area contributed by atoms with Crippen molar-refractivity contribution in [3.05, 3.63) is 42.0 Å². The van der Waals surface area contributed by atoms with Crippen LogP contribution in [0.15, 0.2) is 36.4 Å². The number of benzene rings is 2. The molecule has 64 valence electrons. The molecule has 0 aromatic heterocycles. The minimum atomic E-state index is 0.749. The van der Waals surface area contributed by atoms with Crippen LogP contribution in [0.3, 0.4) is 0 Å². The molecule has 0 unspecified atom stereocenters. The molecule has 2 aromatic carbocycles. The molecule has 0 radical (unpaired) electrons. The Morgan fingerprint density at radius 3 is 2.92 bits per heavy atom. The molecule has 0 bridgehead atoms. The van der Waals surface area contributed by atoms with E-state index in [-0.39, 0.29) is 0 Å². The number of fused-ring (bicyclic) bond motifs is 3. The molecular weight excluding hydrogens is 223 g/mol. The molecule has 0 spiro atoms. The molecule has 13 heavy (non-hydrogen) atoms. The van der Waals surface area contributed by atoms with Crippen molar-refractivity contribution in [3.63, 3.8) is 0 Å². The summed E-state index contributed by atoms with van der Waals surface area (Å²) in [5, 5.41) is 4.29. The third kappa shape index (κ3) is 1.12. The van der Waals surface area contributed by atoms with E-state index in [1.165, 1.54) is 22.5 Å². The average molecular weight is 233 g/mol. The summed E-state index contributed by atoms with van der Waals surface area (Å²) in [6, 6.07) is 13.3. The van der Waals surface area contributed by atoms with Crippen LogP contribution in [0.25, 0.3) is 10.8 Å². The molecule has 1 aliphatic rings. The first-order valence-electron chi connectivity index (χ1n) is 4.58. The van der Waals surface area contributed by atoms with Crippen molar-refractivity contribution in [2.75, 3.05) is 0 Å². The number of rotatable bonds is 0. The summed E-state index contributed by atoms with van der Waals surface area (Å²) in [5.74, 6) is 0. The molecule has 0 atom stereocenters. The fraction of sp³-hybridized carbons (Fsp3) is 0.167. The average Bonchev–Trinajstić information content (AvgIpc) is 2.65. The van der Waals surface area contributed by atoms with Crippen molar-refractivity contribution in [3.8, 4) is 0 Å². The minimum absolute atomic E-state index is 0.749. The van der Waals surface area contributed by atoms with Gasteiger partial charge in [0.25, 0.3) is 0 Å². The molecular formula is C12H10Se. The molecule has 0 saturated carbocycles. The van der Waals surface area contributed by atoms with Crippen LogP contribution in [-0.4, -0.2) is 15.0 Å². The molecule has 2 aromatic rings. The van der Waals surface area contributed by atoms with Crippen molar-refractivity contribution < 1.29 is 0 Å². The van der Waals surface area contributed by atoms with Crippen molar-refractivity contribution in [2.45, 2.75) is 11.7 Å². The molecule has 0 fully saturated rings. The van der Waals surface area contributed by atoms with E-state index < -0.39 is 0 Å². The third-order valence-corrected chi connectivity index (χ3v) is 4.92. The fourth-order valence-corrected chi connectivity index (χ4v) is 4.23. The summed E-state index contributed by atoms with van der Waals surface area (Å²) in [5.41, 5.74) is 1.62. The fourth-order valence-electron chi connectivity index (χ4n) is 1.97. The Morgan fingerprint density at radius 2 is 1.92 bits per heavy atom. The summed E-state index contributed by atoms with van der Waals surface area (Å²) in [6.07, 6.45) is 1.30. The number of aryl methyl sites for hydroxylation is 1. The second-order valence-electron chi connectivity index (χ2n) is 3.36. The second kappa shape index (κ2) is 2.87. The summed E-state index contributed by atoms with van der Waals surface area (Å²) < 4.78 is 1.63.